The lowest BCUT2D eigenvalue weighted by atomic mass is 10.3. The van der Waals surface area contributed by atoms with Gasteiger partial charge in [0.25, 0.3) is 5.92 Å². The molecule has 4 heteroatoms. The second-order valence-electron chi connectivity index (χ2n) is 2.15. The highest BCUT2D eigenvalue weighted by Gasteiger charge is 2.39. The lowest BCUT2D eigenvalue weighted by molar-refractivity contribution is -0.0109. The molecule has 1 atom stereocenters. The molecule has 0 aromatic carbocycles. The summed E-state index contributed by atoms with van der Waals surface area (Å²) in [7, 11) is 1.60. The highest BCUT2D eigenvalue weighted by molar-refractivity contribution is 4.76. The van der Waals surface area contributed by atoms with Crippen LogP contribution >= 0.6 is 0 Å². The molecule has 1 aliphatic rings. The molecule has 1 saturated heterocycles. The van der Waals surface area contributed by atoms with Gasteiger partial charge in [-0.15, -0.1) is 0 Å². The number of alkyl halides is 2. The van der Waals surface area contributed by atoms with E-state index in [0.29, 0.717) is 0 Å². The Morgan fingerprint density at radius 1 is 1.67 bits per heavy atom. The molecule has 1 rings (SSSR count). The van der Waals surface area contributed by atoms with E-state index in [4.69, 9.17) is 0 Å². The zero-order valence-electron chi connectivity index (χ0n) is 5.16. The van der Waals surface area contributed by atoms with Crippen molar-refractivity contribution in [3.8, 4) is 0 Å². The van der Waals surface area contributed by atoms with Crippen LogP contribution in [0.3, 0.4) is 0 Å². The van der Waals surface area contributed by atoms with Crippen LogP contribution in [0, 0.1) is 0 Å². The summed E-state index contributed by atoms with van der Waals surface area (Å²) in [5.74, 6) is -2.62. The first-order valence-corrected chi connectivity index (χ1v) is 2.81. The Morgan fingerprint density at radius 2 is 2.33 bits per heavy atom. The highest BCUT2D eigenvalue weighted by atomic mass is 19.3. The fraction of sp³-hybridized carbons (Fsp3) is 1.00. The van der Waals surface area contributed by atoms with Crippen LogP contribution < -0.4 is 5.32 Å². The molecule has 54 valence electrons. The summed E-state index contributed by atoms with van der Waals surface area (Å²) in [5.41, 5.74) is 0. The summed E-state index contributed by atoms with van der Waals surface area (Å²) in [4.78, 5) is 0. The fourth-order valence-electron chi connectivity index (χ4n) is 0.797. The van der Waals surface area contributed by atoms with Gasteiger partial charge in [-0.05, 0) is 7.05 Å². The average Bonchev–Trinajstić information content (AvgIpc) is 2.10. The maximum Gasteiger partial charge on any atom is 0.274 e. The van der Waals surface area contributed by atoms with E-state index in [-0.39, 0.29) is 6.42 Å². The zero-order chi connectivity index (χ0) is 6.91. The quantitative estimate of drug-likeness (QED) is 0.571. The fourth-order valence-corrected chi connectivity index (χ4v) is 0.797. The van der Waals surface area contributed by atoms with Gasteiger partial charge in [0, 0.05) is 0 Å². The molecule has 0 saturated carbocycles. The molecule has 1 N–H and O–H groups in total. The molecule has 0 aromatic rings. The van der Waals surface area contributed by atoms with Gasteiger partial charge in [-0.3, -0.25) is 5.32 Å². The van der Waals surface area contributed by atoms with E-state index in [2.05, 4.69) is 10.1 Å². The maximum absolute atomic E-state index is 12.2. The molecule has 0 amide bonds. The van der Waals surface area contributed by atoms with Crippen LogP contribution in [0.1, 0.15) is 6.42 Å². The van der Waals surface area contributed by atoms with Crippen molar-refractivity contribution in [1.82, 2.24) is 5.32 Å². The van der Waals surface area contributed by atoms with Crippen LogP contribution in [-0.2, 0) is 4.74 Å². The predicted octanol–water partition coefficient (Wildman–Crippen LogP) is 0.587. The molecule has 0 aromatic heterocycles. The van der Waals surface area contributed by atoms with E-state index >= 15 is 0 Å². The molecule has 9 heavy (non-hydrogen) atoms. The minimum absolute atomic E-state index is 0.205. The smallest absolute Gasteiger partial charge is 0.274 e. The van der Waals surface area contributed by atoms with Crippen LogP contribution in [0.25, 0.3) is 0 Å². The topological polar surface area (TPSA) is 21.3 Å². The van der Waals surface area contributed by atoms with Crippen molar-refractivity contribution in [1.29, 1.82) is 0 Å². The van der Waals surface area contributed by atoms with Crippen molar-refractivity contribution in [3.05, 3.63) is 0 Å². The van der Waals surface area contributed by atoms with E-state index in [9.17, 15) is 8.78 Å². The molecule has 0 aliphatic carbocycles. The number of hydrogen-bond donors (Lipinski definition) is 1. The van der Waals surface area contributed by atoms with E-state index in [1.807, 2.05) is 0 Å². The van der Waals surface area contributed by atoms with Crippen molar-refractivity contribution in [3.63, 3.8) is 0 Å². The second kappa shape index (κ2) is 2.19. The predicted molar refractivity (Wildman–Crippen MR) is 28.4 cm³/mol. The Bertz CT molecular complexity index is 107. The Kier molecular flexibility index (Phi) is 1.68. The first-order chi connectivity index (χ1) is 4.14. The number of ether oxygens (including phenoxy) is 1. The van der Waals surface area contributed by atoms with Gasteiger partial charge in [-0.1, -0.05) is 0 Å². The number of halogens is 2. The Hall–Kier alpha value is -0.220. The Labute approximate surface area is 52.2 Å². The molecular weight excluding hydrogens is 128 g/mol. The molecule has 2 nitrogen and oxygen atoms in total. The van der Waals surface area contributed by atoms with Gasteiger partial charge in [0.1, 0.15) is 12.8 Å². The van der Waals surface area contributed by atoms with Crippen molar-refractivity contribution < 1.29 is 13.5 Å². The van der Waals surface area contributed by atoms with Gasteiger partial charge in [0.2, 0.25) is 0 Å². The molecular formula is C5H9F2NO. The average molecular weight is 137 g/mol. The lowest BCUT2D eigenvalue weighted by Crippen LogP contribution is -2.24. The third-order valence-corrected chi connectivity index (χ3v) is 1.30. The highest BCUT2D eigenvalue weighted by Crippen LogP contribution is 2.27. The summed E-state index contributed by atoms with van der Waals surface area (Å²) >= 11 is 0. The molecule has 0 radical (unpaired) electrons. The maximum atomic E-state index is 12.2. The van der Waals surface area contributed by atoms with Gasteiger partial charge < -0.3 is 4.74 Å². The number of rotatable bonds is 1. The third-order valence-electron chi connectivity index (χ3n) is 1.30. The van der Waals surface area contributed by atoms with Gasteiger partial charge >= 0.3 is 0 Å². The van der Waals surface area contributed by atoms with E-state index in [1.54, 1.807) is 7.05 Å². The standard InChI is InChI=1S/C5H9F2NO/c1-8-4-2-5(6,7)3-9-4/h4,8H,2-3H2,1H3. The lowest BCUT2D eigenvalue weighted by Gasteiger charge is -2.05. The summed E-state index contributed by atoms with van der Waals surface area (Å²) in [6, 6.07) is 0. The third kappa shape index (κ3) is 1.59. The van der Waals surface area contributed by atoms with Gasteiger partial charge in [-0.25, -0.2) is 8.78 Å². The van der Waals surface area contributed by atoms with Crippen LogP contribution in [0.4, 0.5) is 8.78 Å². The largest absolute Gasteiger partial charge is 0.357 e. The molecule has 0 bridgehead atoms. The van der Waals surface area contributed by atoms with E-state index < -0.39 is 18.8 Å². The minimum Gasteiger partial charge on any atom is -0.357 e. The van der Waals surface area contributed by atoms with Crippen molar-refractivity contribution in [2.24, 2.45) is 0 Å². The first-order valence-electron chi connectivity index (χ1n) is 2.81. The molecule has 1 fully saturated rings. The van der Waals surface area contributed by atoms with Gasteiger partial charge in [0.15, 0.2) is 0 Å². The minimum atomic E-state index is -2.62. The van der Waals surface area contributed by atoms with Crippen LogP contribution in [0.2, 0.25) is 0 Å². The molecule has 1 unspecified atom stereocenters. The summed E-state index contributed by atoms with van der Waals surface area (Å²) in [5, 5.41) is 2.62. The van der Waals surface area contributed by atoms with E-state index in [1.165, 1.54) is 0 Å². The summed E-state index contributed by atoms with van der Waals surface area (Å²) in [6.45, 7) is -0.446. The zero-order valence-corrected chi connectivity index (χ0v) is 5.16. The Morgan fingerprint density at radius 3 is 2.56 bits per heavy atom. The van der Waals surface area contributed by atoms with E-state index in [0.717, 1.165) is 0 Å². The second-order valence-corrected chi connectivity index (χ2v) is 2.15. The molecule has 0 spiro atoms. The number of nitrogens with one attached hydrogen (secondary N) is 1. The van der Waals surface area contributed by atoms with Crippen LogP contribution in [0.5, 0.6) is 0 Å². The van der Waals surface area contributed by atoms with Gasteiger partial charge in [0.05, 0.1) is 6.42 Å². The molecule has 1 heterocycles. The normalized spacial score (nSPS) is 33.0. The Balaban J connectivity index is 2.38. The van der Waals surface area contributed by atoms with Crippen LogP contribution in [0.15, 0.2) is 0 Å². The first kappa shape index (κ1) is 6.89. The summed E-state index contributed by atoms with van der Waals surface area (Å²) < 4.78 is 29.1. The molecule has 1 aliphatic heterocycles. The van der Waals surface area contributed by atoms with Crippen molar-refractivity contribution >= 4 is 0 Å². The van der Waals surface area contributed by atoms with Crippen molar-refractivity contribution in [2.45, 2.75) is 18.6 Å². The van der Waals surface area contributed by atoms with Crippen LogP contribution in [-0.4, -0.2) is 25.8 Å². The van der Waals surface area contributed by atoms with Crippen molar-refractivity contribution in [2.75, 3.05) is 13.7 Å². The monoisotopic (exact) mass is 137 g/mol. The SMILES string of the molecule is CNC1CC(F)(F)CO1. The van der Waals surface area contributed by atoms with Gasteiger partial charge in [-0.2, -0.15) is 0 Å². The number of hydrogen-bond acceptors (Lipinski definition) is 2. The summed E-state index contributed by atoms with van der Waals surface area (Å²) in [6.07, 6.45) is -0.663.